The van der Waals surface area contributed by atoms with Crippen molar-refractivity contribution in [3.8, 4) is 22.8 Å². The Labute approximate surface area is 167 Å². The molecule has 29 heavy (non-hydrogen) atoms. The molecule has 2 aromatic heterocycles. The fourth-order valence-electron chi connectivity index (χ4n) is 2.51. The van der Waals surface area contributed by atoms with E-state index in [1.807, 2.05) is 30.3 Å². The van der Waals surface area contributed by atoms with Crippen molar-refractivity contribution >= 4 is 11.8 Å². The Balaban J connectivity index is 1.49. The summed E-state index contributed by atoms with van der Waals surface area (Å²) in [4.78, 5) is 4.21. The summed E-state index contributed by atoms with van der Waals surface area (Å²) in [6.45, 7) is 1.79. The molecule has 0 saturated heterocycles. The minimum absolute atomic E-state index is 0.0778. The molecule has 0 bridgehead atoms. The third kappa shape index (κ3) is 4.32. The lowest BCUT2D eigenvalue weighted by Gasteiger charge is -2.06. The summed E-state index contributed by atoms with van der Waals surface area (Å²) in [5.41, 5.74) is 0.239. The van der Waals surface area contributed by atoms with Crippen LogP contribution in [-0.4, -0.2) is 20.3 Å². The van der Waals surface area contributed by atoms with E-state index in [9.17, 15) is 13.2 Å². The van der Waals surface area contributed by atoms with Gasteiger partial charge >= 0.3 is 6.18 Å². The average Bonchev–Trinajstić information content (AvgIpc) is 3.38. The van der Waals surface area contributed by atoms with Gasteiger partial charge in [0.1, 0.15) is 0 Å². The molecule has 1 unspecified atom stereocenters. The van der Waals surface area contributed by atoms with Gasteiger partial charge in [-0.05, 0) is 31.2 Å². The lowest BCUT2D eigenvalue weighted by Crippen LogP contribution is -2.04. The van der Waals surface area contributed by atoms with Crippen molar-refractivity contribution in [1.82, 2.24) is 20.3 Å². The highest BCUT2D eigenvalue weighted by molar-refractivity contribution is 7.99. The fourth-order valence-corrected chi connectivity index (χ4v) is 3.22. The van der Waals surface area contributed by atoms with Gasteiger partial charge in [-0.3, -0.25) is 0 Å². The number of hydrogen-bond acceptors (Lipinski definition) is 7. The lowest BCUT2D eigenvalue weighted by molar-refractivity contribution is -0.137. The largest absolute Gasteiger partial charge is 0.416 e. The molecule has 6 nitrogen and oxygen atoms in total. The topological polar surface area (TPSA) is 77.8 Å². The zero-order chi connectivity index (χ0) is 20.4. The Kier molecular flexibility index (Phi) is 5.10. The SMILES string of the molecule is CC(Sc1nnc(-c2ccccc2)o1)c1nc(-c2cccc(C(F)(F)F)c2)no1. The van der Waals surface area contributed by atoms with E-state index in [4.69, 9.17) is 8.94 Å². The molecule has 4 aromatic rings. The first kappa shape index (κ1) is 19.2. The zero-order valence-corrected chi connectivity index (χ0v) is 15.7. The molecule has 0 fully saturated rings. The van der Waals surface area contributed by atoms with Crippen molar-refractivity contribution in [1.29, 1.82) is 0 Å². The van der Waals surface area contributed by atoms with Crippen LogP contribution in [0.5, 0.6) is 0 Å². The monoisotopic (exact) mass is 418 g/mol. The summed E-state index contributed by atoms with van der Waals surface area (Å²) in [6.07, 6.45) is -4.44. The number of thioether (sulfide) groups is 1. The van der Waals surface area contributed by atoms with Gasteiger partial charge in [-0.25, -0.2) is 0 Å². The first-order chi connectivity index (χ1) is 13.9. The fraction of sp³-hybridized carbons (Fsp3) is 0.158. The number of halogens is 3. The highest BCUT2D eigenvalue weighted by Gasteiger charge is 2.31. The van der Waals surface area contributed by atoms with E-state index in [-0.39, 0.29) is 22.5 Å². The van der Waals surface area contributed by atoms with Gasteiger partial charge in [0.05, 0.1) is 10.8 Å². The second-order valence-corrected chi connectivity index (χ2v) is 7.33. The number of alkyl halides is 3. The van der Waals surface area contributed by atoms with Crippen molar-refractivity contribution in [2.75, 3.05) is 0 Å². The molecule has 148 valence electrons. The van der Waals surface area contributed by atoms with Gasteiger partial charge in [-0.1, -0.05) is 47.3 Å². The standard InChI is InChI=1S/C19H13F3N4O2S/c1-11(29-18-25-24-17(27-18)12-6-3-2-4-7-12)16-23-15(26-28-16)13-8-5-9-14(10-13)19(20,21)22/h2-11H,1H3. The summed E-state index contributed by atoms with van der Waals surface area (Å²) in [5.74, 6) is 0.700. The number of aromatic nitrogens is 4. The van der Waals surface area contributed by atoms with Crippen LogP contribution in [0.25, 0.3) is 22.8 Å². The molecular weight excluding hydrogens is 405 g/mol. The van der Waals surface area contributed by atoms with E-state index in [0.29, 0.717) is 11.1 Å². The molecule has 0 aliphatic carbocycles. The van der Waals surface area contributed by atoms with Crippen LogP contribution >= 0.6 is 11.8 Å². The van der Waals surface area contributed by atoms with Gasteiger partial charge in [0.15, 0.2) is 0 Å². The second-order valence-electron chi connectivity index (χ2n) is 6.03. The molecule has 2 aromatic carbocycles. The number of rotatable bonds is 5. The van der Waals surface area contributed by atoms with Crippen LogP contribution < -0.4 is 0 Å². The molecule has 0 aliphatic heterocycles. The molecule has 0 saturated carbocycles. The second kappa shape index (κ2) is 7.70. The van der Waals surface area contributed by atoms with Crippen molar-refractivity contribution in [2.24, 2.45) is 0 Å². The maximum absolute atomic E-state index is 12.9. The smallest absolute Gasteiger partial charge is 0.411 e. The molecule has 2 heterocycles. The van der Waals surface area contributed by atoms with E-state index < -0.39 is 11.7 Å². The molecule has 0 spiro atoms. The Hall–Kier alpha value is -3.14. The van der Waals surface area contributed by atoms with Crippen LogP contribution in [0.4, 0.5) is 13.2 Å². The van der Waals surface area contributed by atoms with E-state index >= 15 is 0 Å². The van der Waals surface area contributed by atoms with Crippen molar-refractivity contribution in [3.05, 3.63) is 66.1 Å². The average molecular weight is 418 g/mol. The molecule has 0 radical (unpaired) electrons. The van der Waals surface area contributed by atoms with E-state index in [2.05, 4.69) is 20.3 Å². The first-order valence-electron chi connectivity index (χ1n) is 8.47. The number of benzene rings is 2. The molecule has 4 rings (SSSR count). The number of hydrogen-bond donors (Lipinski definition) is 0. The molecular formula is C19H13F3N4O2S. The predicted molar refractivity (Wildman–Crippen MR) is 98.7 cm³/mol. The Morgan fingerprint density at radius 3 is 2.48 bits per heavy atom. The molecule has 0 aliphatic rings. The molecule has 10 heteroatoms. The van der Waals surface area contributed by atoms with Crippen LogP contribution in [0, 0.1) is 0 Å². The minimum Gasteiger partial charge on any atom is -0.411 e. The van der Waals surface area contributed by atoms with Gasteiger partial charge in [-0.2, -0.15) is 18.2 Å². The predicted octanol–water partition coefficient (Wildman–Crippen LogP) is 5.66. The van der Waals surface area contributed by atoms with Crippen molar-refractivity contribution in [2.45, 2.75) is 23.6 Å². The zero-order valence-electron chi connectivity index (χ0n) is 14.9. The minimum atomic E-state index is -4.44. The molecule has 1 atom stereocenters. The van der Waals surface area contributed by atoms with E-state index in [1.165, 1.54) is 23.9 Å². The van der Waals surface area contributed by atoms with Gasteiger partial charge in [-0.15, -0.1) is 10.2 Å². The van der Waals surface area contributed by atoms with Crippen LogP contribution in [-0.2, 0) is 6.18 Å². The molecule has 0 amide bonds. The van der Waals surface area contributed by atoms with Crippen LogP contribution in [0.15, 0.2) is 68.8 Å². The lowest BCUT2D eigenvalue weighted by atomic mass is 10.1. The van der Waals surface area contributed by atoms with Gasteiger partial charge in [0, 0.05) is 11.1 Å². The Bertz CT molecular complexity index is 1110. The van der Waals surface area contributed by atoms with Crippen LogP contribution in [0.2, 0.25) is 0 Å². The van der Waals surface area contributed by atoms with Crippen LogP contribution in [0.1, 0.15) is 23.6 Å². The van der Waals surface area contributed by atoms with Crippen LogP contribution in [0.3, 0.4) is 0 Å². The summed E-state index contributed by atoms with van der Waals surface area (Å²) < 4.78 is 49.5. The Morgan fingerprint density at radius 2 is 1.72 bits per heavy atom. The summed E-state index contributed by atoms with van der Waals surface area (Å²) >= 11 is 1.21. The summed E-state index contributed by atoms with van der Waals surface area (Å²) in [7, 11) is 0. The maximum atomic E-state index is 12.9. The number of nitrogens with zero attached hydrogens (tertiary/aromatic N) is 4. The highest BCUT2D eigenvalue weighted by atomic mass is 32.2. The van der Waals surface area contributed by atoms with Gasteiger partial charge in [0.2, 0.25) is 17.6 Å². The highest BCUT2D eigenvalue weighted by Crippen LogP contribution is 2.36. The normalized spacial score (nSPS) is 12.8. The summed E-state index contributed by atoms with van der Waals surface area (Å²) in [6, 6.07) is 14.1. The van der Waals surface area contributed by atoms with E-state index in [0.717, 1.165) is 17.7 Å². The Morgan fingerprint density at radius 1 is 0.966 bits per heavy atom. The summed E-state index contributed by atoms with van der Waals surface area (Å²) in [5, 5.41) is 11.8. The quantitative estimate of drug-likeness (QED) is 0.387. The van der Waals surface area contributed by atoms with Crippen molar-refractivity contribution < 1.29 is 22.1 Å². The first-order valence-corrected chi connectivity index (χ1v) is 9.35. The maximum Gasteiger partial charge on any atom is 0.416 e. The molecule has 0 N–H and O–H groups in total. The van der Waals surface area contributed by atoms with Gasteiger partial charge in [0.25, 0.3) is 5.22 Å². The third-order valence-corrected chi connectivity index (χ3v) is 4.86. The third-order valence-electron chi connectivity index (χ3n) is 3.94. The van der Waals surface area contributed by atoms with E-state index in [1.54, 1.807) is 6.92 Å². The van der Waals surface area contributed by atoms with Crippen molar-refractivity contribution in [3.63, 3.8) is 0 Å². The van der Waals surface area contributed by atoms with Gasteiger partial charge < -0.3 is 8.94 Å².